The Kier molecular flexibility index (Phi) is 10.1. The molecule has 0 radical (unpaired) electrons. The fourth-order valence-corrected chi connectivity index (χ4v) is 9.97. The average Bonchev–Trinajstić information content (AvgIpc) is 2.87. The minimum Gasteiger partial charge on any atom is -0.458 e. The molecule has 4 bridgehead atoms. The summed E-state index contributed by atoms with van der Waals surface area (Å²) in [5.74, 6) is 0.968. The van der Waals surface area contributed by atoms with Crippen molar-refractivity contribution in [2.24, 2.45) is 23.2 Å². The van der Waals surface area contributed by atoms with Crippen molar-refractivity contribution in [3.05, 3.63) is 0 Å². The van der Waals surface area contributed by atoms with Gasteiger partial charge in [0, 0.05) is 19.3 Å². The van der Waals surface area contributed by atoms with Gasteiger partial charge in [0.25, 0.3) is 0 Å². The molecule has 6 heteroatoms. The van der Waals surface area contributed by atoms with E-state index in [0.717, 1.165) is 70.6 Å². The second-order valence-corrected chi connectivity index (χ2v) is 16.3. The van der Waals surface area contributed by atoms with E-state index in [4.69, 9.17) is 23.7 Å². The van der Waals surface area contributed by atoms with Gasteiger partial charge in [-0.15, -0.1) is 0 Å². The zero-order valence-corrected chi connectivity index (χ0v) is 28.0. The van der Waals surface area contributed by atoms with Gasteiger partial charge in [-0.3, -0.25) is 4.79 Å². The predicted octanol–water partition coefficient (Wildman–Crippen LogP) is 8.88. The van der Waals surface area contributed by atoms with Crippen LogP contribution in [0.2, 0.25) is 0 Å². The minimum atomic E-state index is -0.571. The van der Waals surface area contributed by atoms with Gasteiger partial charge in [0.2, 0.25) is 0 Å². The maximum Gasteiger partial charge on any atom is 0.312 e. The Hall–Kier alpha value is -0.690. The maximum atomic E-state index is 14.2. The van der Waals surface area contributed by atoms with E-state index in [1.165, 1.54) is 38.5 Å². The van der Waals surface area contributed by atoms with Crippen LogP contribution < -0.4 is 0 Å². The summed E-state index contributed by atoms with van der Waals surface area (Å²) in [7, 11) is 0. The minimum absolute atomic E-state index is 0.0449. The Balaban J connectivity index is 1.37. The standard InChI is InChI=1S/C36H62O6/c1-25(2)18-33(7,26(3)4)32(37)42-36-21-29-19-34(23-36,40-27(5)38-30-14-10-8-11-15-30)22-35(20-29,24-36)41-28(6)39-31-16-12-9-13-17-31/h25-31H,8-24H2,1-7H3. The molecule has 242 valence electrons. The van der Waals surface area contributed by atoms with Gasteiger partial charge in [0.15, 0.2) is 12.6 Å². The second kappa shape index (κ2) is 13.0. The van der Waals surface area contributed by atoms with Crippen LogP contribution >= 0.6 is 0 Å². The lowest BCUT2D eigenvalue weighted by atomic mass is 9.50. The first-order valence-electron chi connectivity index (χ1n) is 17.7. The van der Waals surface area contributed by atoms with Gasteiger partial charge in [-0.05, 0) is 89.9 Å². The molecule has 0 aromatic carbocycles. The summed E-state index contributed by atoms with van der Waals surface area (Å²) in [6, 6.07) is 0. The predicted molar refractivity (Wildman–Crippen MR) is 165 cm³/mol. The summed E-state index contributed by atoms with van der Waals surface area (Å²) in [5, 5.41) is 0. The molecule has 0 amide bonds. The Labute approximate surface area is 256 Å². The van der Waals surface area contributed by atoms with Crippen LogP contribution in [0.4, 0.5) is 0 Å². The molecule has 5 atom stereocenters. The molecule has 0 saturated heterocycles. The monoisotopic (exact) mass is 590 g/mol. The summed E-state index contributed by atoms with van der Waals surface area (Å²) >= 11 is 0. The van der Waals surface area contributed by atoms with Crippen molar-refractivity contribution >= 4 is 5.97 Å². The van der Waals surface area contributed by atoms with E-state index in [0.29, 0.717) is 11.8 Å². The third-order valence-electron chi connectivity index (χ3n) is 11.5. The van der Waals surface area contributed by atoms with Crippen molar-refractivity contribution in [3.8, 4) is 0 Å². The van der Waals surface area contributed by atoms with Crippen LogP contribution in [0.5, 0.6) is 0 Å². The number of hydrogen-bond acceptors (Lipinski definition) is 6. The SMILES string of the molecule is CC(C)CC(C)(C(=O)OC12CC3CC(OC(C)OC4CCCCC4)(C1)CC(OC(C)OC1CCCCC1)(C3)C2)C(C)C. The van der Waals surface area contributed by atoms with Crippen molar-refractivity contribution in [2.75, 3.05) is 0 Å². The van der Waals surface area contributed by atoms with Crippen LogP contribution in [0.25, 0.3) is 0 Å². The Morgan fingerprint density at radius 3 is 1.55 bits per heavy atom. The van der Waals surface area contributed by atoms with E-state index >= 15 is 0 Å². The summed E-state index contributed by atoms with van der Waals surface area (Å²) in [4.78, 5) is 14.2. The zero-order chi connectivity index (χ0) is 30.2. The highest BCUT2D eigenvalue weighted by molar-refractivity contribution is 5.77. The Bertz CT molecular complexity index is 861. The largest absolute Gasteiger partial charge is 0.458 e. The number of carbonyl (C=O) groups is 1. The summed E-state index contributed by atoms with van der Waals surface area (Å²) < 4.78 is 33.8. The van der Waals surface area contributed by atoms with Gasteiger partial charge in [-0.2, -0.15) is 0 Å². The van der Waals surface area contributed by atoms with E-state index in [1.54, 1.807) is 0 Å². The lowest BCUT2D eigenvalue weighted by molar-refractivity contribution is -0.341. The van der Waals surface area contributed by atoms with Crippen molar-refractivity contribution in [1.29, 1.82) is 0 Å². The molecule has 42 heavy (non-hydrogen) atoms. The van der Waals surface area contributed by atoms with Crippen LogP contribution in [-0.4, -0.2) is 47.6 Å². The molecule has 0 spiro atoms. The molecule has 0 heterocycles. The van der Waals surface area contributed by atoms with Gasteiger partial charge in [0.1, 0.15) is 5.60 Å². The number of rotatable bonds is 13. The highest BCUT2D eigenvalue weighted by atomic mass is 16.7. The highest BCUT2D eigenvalue weighted by Crippen LogP contribution is 2.64. The smallest absolute Gasteiger partial charge is 0.312 e. The molecule has 0 aromatic rings. The zero-order valence-electron chi connectivity index (χ0n) is 28.0. The number of carbonyl (C=O) groups excluding carboxylic acids is 1. The molecule has 6 aliphatic rings. The number of hydrogen-bond donors (Lipinski definition) is 0. The Morgan fingerprint density at radius 1 is 0.690 bits per heavy atom. The lowest BCUT2D eigenvalue weighted by Gasteiger charge is -2.65. The van der Waals surface area contributed by atoms with Gasteiger partial charge in [-0.1, -0.05) is 66.2 Å². The molecule has 6 rings (SSSR count). The molecule has 6 fully saturated rings. The first-order chi connectivity index (χ1) is 19.8. The van der Waals surface area contributed by atoms with Crippen LogP contribution in [0.3, 0.4) is 0 Å². The summed E-state index contributed by atoms with van der Waals surface area (Å²) in [5.41, 5.74) is -1.91. The first kappa shape index (κ1) is 32.7. The van der Waals surface area contributed by atoms with Crippen molar-refractivity contribution < 1.29 is 28.5 Å². The third kappa shape index (κ3) is 7.40. The molecule has 6 nitrogen and oxygen atoms in total. The fraction of sp³-hybridized carbons (Fsp3) is 0.972. The lowest BCUT2D eigenvalue weighted by Crippen LogP contribution is -2.69. The van der Waals surface area contributed by atoms with Crippen LogP contribution in [0.15, 0.2) is 0 Å². The van der Waals surface area contributed by atoms with Crippen LogP contribution in [0.1, 0.15) is 158 Å². The number of ether oxygens (including phenoxy) is 5. The van der Waals surface area contributed by atoms with Crippen LogP contribution in [0, 0.1) is 23.2 Å². The van der Waals surface area contributed by atoms with E-state index < -0.39 is 22.2 Å². The molecule has 0 N–H and O–H groups in total. The summed E-state index contributed by atoms with van der Waals surface area (Å²) in [6.07, 6.45) is 18.1. The van der Waals surface area contributed by atoms with E-state index in [-0.39, 0.29) is 36.7 Å². The van der Waals surface area contributed by atoms with Crippen molar-refractivity contribution in [1.82, 2.24) is 0 Å². The normalized spacial score (nSPS) is 36.7. The first-order valence-corrected chi connectivity index (χ1v) is 17.7. The topological polar surface area (TPSA) is 63.2 Å². The third-order valence-corrected chi connectivity index (χ3v) is 11.5. The Morgan fingerprint density at radius 2 is 1.12 bits per heavy atom. The molecular formula is C36H62O6. The quantitative estimate of drug-likeness (QED) is 0.158. The van der Waals surface area contributed by atoms with Gasteiger partial charge in [-0.25, -0.2) is 0 Å². The molecule has 6 saturated carbocycles. The second-order valence-electron chi connectivity index (χ2n) is 16.3. The molecular weight excluding hydrogens is 528 g/mol. The highest BCUT2D eigenvalue weighted by Gasteiger charge is 2.67. The molecule has 6 aliphatic carbocycles. The fourth-order valence-electron chi connectivity index (χ4n) is 9.97. The number of esters is 1. The van der Waals surface area contributed by atoms with Crippen molar-refractivity contribution in [3.63, 3.8) is 0 Å². The van der Waals surface area contributed by atoms with E-state index in [1.807, 2.05) is 0 Å². The van der Waals surface area contributed by atoms with Gasteiger partial charge >= 0.3 is 5.97 Å². The molecule has 5 unspecified atom stereocenters. The molecule has 0 aliphatic heterocycles. The van der Waals surface area contributed by atoms with Crippen molar-refractivity contribution in [2.45, 2.75) is 199 Å². The van der Waals surface area contributed by atoms with Gasteiger partial charge in [0.05, 0.1) is 28.8 Å². The van der Waals surface area contributed by atoms with Gasteiger partial charge < -0.3 is 23.7 Å². The summed E-state index contributed by atoms with van der Waals surface area (Å²) in [6.45, 7) is 15.0. The average molecular weight is 591 g/mol. The maximum absolute atomic E-state index is 14.2. The van der Waals surface area contributed by atoms with E-state index in [2.05, 4.69) is 48.5 Å². The van der Waals surface area contributed by atoms with Crippen LogP contribution in [-0.2, 0) is 28.5 Å². The molecule has 0 aromatic heterocycles. The van der Waals surface area contributed by atoms with E-state index in [9.17, 15) is 4.79 Å².